The fraction of sp³-hybridized carbons (Fsp3) is 0.450. The second-order valence-electron chi connectivity index (χ2n) is 8.41. The summed E-state index contributed by atoms with van der Waals surface area (Å²) in [5, 5.41) is 8.45. The molecule has 3 rings (SSSR count). The Morgan fingerprint density at radius 1 is 0.966 bits per heavy atom. The van der Waals surface area contributed by atoms with Gasteiger partial charge < -0.3 is 9.31 Å². The SMILES string of the molecule is CC(C)c1cc(C(=O)c2c(Cl)cc(B3OC(C)(C)C(C)(C)O3)cc2Cl)nnc1Cl. The maximum Gasteiger partial charge on any atom is 0.494 e. The molecule has 1 aromatic heterocycles. The Balaban J connectivity index is 1.97. The van der Waals surface area contributed by atoms with E-state index in [9.17, 15) is 4.79 Å². The van der Waals surface area contributed by atoms with E-state index >= 15 is 0 Å². The number of aromatic nitrogens is 2. The second-order valence-corrected chi connectivity index (χ2v) is 9.58. The van der Waals surface area contributed by atoms with Crippen LogP contribution in [-0.4, -0.2) is 34.3 Å². The van der Waals surface area contributed by atoms with Crippen molar-refractivity contribution in [3.05, 3.63) is 50.2 Å². The topological polar surface area (TPSA) is 61.3 Å². The number of halogens is 3. The Morgan fingerprint density at radius 3 is 1.97 bits per heavy atom. The van der Waals surface area contributed by atoms with Crippen molar-refractivity contribution < 1.29 is 14.1 Å². The zero-order valence-electron chi connectivity index (χ0n) is 17.1. The van der Waals surface area contributed by atoms with Crippen LogP contribution in [0.25, 0.3) is 0 Å². The zero-order valence-corrected chi connectivity index (χ0v) is 19.4. The van der Waals surface area contributed by atoms with E-state index in [2.05, 4.69) is 10.2 Å². The summed E-state index contributed by atoms with van der Waals surface area (Å²) in [7, 11) is -0.637. The molecular formula is C20H22BCl3N2O3. The fourth-order valence-electron chi connectivity index (χ4n) is 2.96. The largest absolute Gasteiger partial charge is 0.494 e. The second kappa shape index (κ2) is 7.82. The minimum atomic E-state index is -0.637. The van der Waals surface area contributed by atoms with Gasteiger partial charge in [0, 0.05) is 0 Å². The van der Waals surface area contributed by atoms with Gasteiger partial charge >= 0.3 is 7.12 Å². The Labute approximate surface area is 186 Å². The van der Waals surface area contributed by atoms with Gasteiger partial charge in [-0.3, -0.25) is 4.79 Å². The van der Waals surface area contributed by atoms with E-state index in [1.54, 1.807) is 18.2 Å². The number of benzene rings is 1. The van der Waals surface area contributed by atoms with Gasteiger partial charge in [-0.2, -0.15) is 0 Å². The van der Waals surface area contributed by atoms with E-state index in [4.69, 9.17) is 44.1 Å². The summed E-state index contributed by atoms with van der Waals surface area (Å²) in [6, 6.07) is 4.89. The summed E-state index contributed by atoms with van der Waals surface area (Å²) in [5.41, 5.74) is 0.644. The molecule has 2 aromatic rings. The molecule has 1 aliphatic rings. The molecule has 154 valence electrons. The van der Waals surface area contributed by atoms with Gasteiger partial charge in [-0.15, -0.1) is 10.2 Å². The van der Waals surface area contributed by atoms with Crippen molar-refractivity contribution in [2.45, 2.75) is 58.7 Å². The monoisotopic (exact) mass is 454 g/mol. The van der Waals surface area contributed by atoms with Gasteiger partial charge in [0.1, 0.15) is 5.69 Å². The predicted octanol–water partition coefficient (Wildman–Crippen LogP) is 5.09. The highest BCUT2D eigenvalue weighted by molar-refractivity contribution is 6.63. The Hall–Kier alpha value is -1.18. The first-order valence-electron chi connectivity index (χ1n) is 9.26. The maximum absolute atomic E-state index is 13.0. The van der Waals surface area contributed by atoms with Crippen LogP contribution in [0.2, 0.25) is 15.2 Å². The molecular weight excluding hydrogens is 433 g/mol. The van der Waals surface area contributed by atoms with E-state index in [1.165, 1.54) is 0 Å². The first-order chi connectivity index (χ1) is 13.3. The standard InChI is InChI=1S/C20H22BCl3N2O3/c1-10(2)12-9-15(25-26-18(12)24)17(27)16-13(22)7-11(8-14(16)23)21-28-19(3,4)20(5,6)29-21/h7-10H,1-6H3. The molecule has 0 saturated carbocycles. The van der Waals surface area contributed by atoms with Crippen molar-refractivity contribution in [3.63, 3.8) is 0 Å². The minimum Gasteiger partial charge on any atom is -0.399 e. The predicted molar refractivity (Wildman–Crippen MR) is 117 cm³/mol. The third kappa shape index (κ3) is 4.19. The molecule has 0 bridgehead atoms. The number of ketones is 1. The van der Waals surface area contributed by atoms with Crippen molar-refractivity contribution in [1.29, 1.82) is 0 Å². The average molecular weight is 456 g/mol. The van der Waals surface area contributed by atoms with Gasteiger partial charge in [0.05, 0.1) is 26.8 Å². The normalized spacial score (nSPS) is 17.8. The maximum atomic E-state index is 13.0. The average Bonchev–Trinajstić information content (AvgIpc) is 2.82. The van der Waals surface area contributed by atoms with Gasteiger partial charge in [0.25, 0.3) is 0 Å². The summed E-state index contributed by atoms with van der Waals surface area (Å²) >= 11 is 19.0. The molecule has 1 fully saturated rings. The molecule has 0 atom stereocenters. The summed E-state index contributed by atoms with van der Waals surface area (Å²) < 4.78 is 12.1. The van der Waals surface area contributed by atoms with E-state index in [0.717, 1.165) is 5.56 Å². The third-order valence-electron chi connectivity index (χ3n) is 5.45. The number of rotatable bonds is 4. The molecule has 0 radical (unpaired) electrons. The first-order valence-corrected chi connectivity index (χ1v) is 10.4. The number of nitrogens with zero attached hydrogens (tertiary/aromatic N) is 2. The van der Waals surface area contributed by atoms with Crippen LogP contribution in [0.3, 0.4) is 0 Å². The molecule has 0 amide bonds. The van der Waals surface area contributed by atoms with E-state index in [0.29, 0.717) is 5.46 Å². The highest BCUT2D eigenvalue weighted by Gasteiger charge is 2.51. The molecule has 1 aliphatic heterocycles. The van der Waals surface area contributed by atoms with Gasteiger partial charge in [0.15, 0.2) is 5.15 Å². The number of carbonyl (C=O) groups excluding carboxylic acids is 1. The van der Waals surface area contributed by atoms with Gasteiger partial charge in [-0.25, -0.2) is 0 Å². The molecule has 0 unspecified atom stereocenters. The smallest absolute Gasteiger partial charge is 0.399 e. The van der Waals surface area contributed by atoms with Crippen LogP contribution >= 0.6 is 34.8 Å². The van der Waals surface area contributed by atoms with Crippen LogP contribution in [0.5, 0.6) is 0 Å². The Kier molecular flexibility index (Phi) is 6.07. The summed E-state index contributed by atoms with van der Waals surface area (Å²) in [6.07, 6.45) is 0. The van der Waals surface area contributed by atoms with E-state index in [-0.39, 0.29) is 32.4 Å². The van der Waals surface area contributed by atoms with Crippen molar-refractivity contribution in [3.8, 4) is 0 Å². The molecule has 5 nitrogen and oxygen atoms in total. The molecule has 0 aliphatic carbocycles. The lowest BCUT2D eigenvalue weighted by Gasteiger charge is -2.32. The number of carbonyl (C=O) groups is 1. The van der Waals surface area contributed by atoms with Crippen LogP contribution in [0.15, 0.2) is 18.2 Å². The Bertz CT molecular complexity index is 940. The number of hydrogen-bond acceptors (Lipinski definition) is 5. The van der Waals surface area contributed by atoms with Crippen molar-refractivity contribution in [2.24, 2.45) is 0 Å². The summed E-state index contributed by atoms with van der Waals surface area (Å²) in [4.78, 5) is 13.0. The molecule has 9 heteroatoms. The lowest BCUT2D eigenvalue weighted by atomic mass is 9.78. The first kappa shape index (κ1) is 22.5. The molecule has 0 spiro atoms. The van der Waals surface area contributed by atoms with Crippen molar-refractivity contribution >= 4 is 53.2 Å². The van der Waals surface area contributed by atoms with Gasteiger partial charge in [-0.1, -0.05) is 48.7 Å². The molecule has 0 N–H and O–H groups in total. The molecule has 1 saturated heterocycles. The van der Waals surface area contributed by atoms with Crippen molar-refractivity contribution in [2.75, 3.05) is 0 Å². The molecule has 1 aromatic carbocycles. The van der Waals surface area contributed by atoms with E-state index in [1.807, 2.05) is 41.5 Å². The lowest BCUT2D eigenvalue weighted by molar-refractivity contribution is 0.00578. The Morgan fingerprint density at radius 2 is 1.48 bits per heavy atom. The lowest BCUT2D eigenvalue weighted by Crippen LogP contribution is -2.41. The number of hydrogen-bond donors (Lipinski definition) is 0. The minimum absolute atomic E-state index is 0.0845. The van der Waals surface area contributed by atoms with Crippen molar-refractivity contribution in [1.82, 2.24) is 10.2 Å². The quantitative estimate of drug-likeness (QED) is 0.475. The fourth-order valence-corrected chi connectivity index (χ4v) is 3.95. The summed E-state index contributed by atoms with van der Waals surface area (Å²) in [6.45, 7) is 11.7. The summed E-state index contributed by atoms with van der Waals surface area (Å²) in [5.74, 6) is -0.340. The molecule has 2 heterocycles. The van der Waals surface area contributed by atoms with Crippen LogP contribution in [0.4, 0.5) is 0 Å². The van der Waals surface area contributed by atoms with Gasteiger partial charge in [-0.05, 0) is 62.8 Å². The highest BCUT2D eigenvalue weighted by atomic mass is 35.5. The van der Waals surface area contributed by atoms with Crippen LogP contribution in [0, 0.1) is 0 Å². The molecule has 29 heavy (non-hydrogen) atoms. The van der Waals surface area contributed by atoms with E-state index < -0.39 is 24.1 Å². The van der Waals surface area contributed by atoms with Gasteiger partial charge in [0.2, 0.25) is 5.78 Å². The zero-order chi connectivity index (χ0) is 21.7. The highest BCUT2D eigenvalue weighted by Crippen LogP contribution is 2.37. The third-order valence-corrected chi connectivity index (χ3v) is 6.34. The van der Waals surface area contributed by atoms with Crippen LogP contribution in [0.1, 0.15) is 69.1 Å². The van der Waals surface area contributed by atoms with Crippen LogP contribution < -0.4 is 5.46 Å². The van der Waals surface area contributed by atoms with Crippen LogP contribution in [-0.2, 0) is 9.31 Å².